The molecule has 1 heterocycles. The zero-order valence-corrected chi connectivity index (χ0v) is 37.3. The van der Waals surface area contributed by atoms with Crippen molar-refractivity contribution in [2.75, 3.05) is 70.8 Å². The summed E-state index contributed by atoms with van der Waals surface area (Å²) in [4.78, 5) is 29.9. The Morgan fingerprint density at radius 3 is 1.64 bits per heavy atom. The van der Waals surface area contributed by atoms with Crippen LogP contribution in [0.5, 0.6) is 0 Å². The summed E-state index contributed by atoms with van der Waals surface area (Å²) < 4.78 is 28.1. The van der Waals surface area contributed by atoms with Crippen LogP contribution in [0.4, 0.5) is 21.4 Å². The first-order valence-electron chi connectivity index (χ1n) is 22.1. The van der Waals surface area contributed by atoms with Crippen molar-refractivity contribution < 1.29 is 33.3 Å². The molecular formula is C46H71N5O7S. The first-order valence-corrected chi connectivity index (χ1v) is 22.9. The van der Waals surface area contributed by atoms with Crippen LogP contribution in [0.2, 0.25) is 0 Å². The zero-order valence-electron chi connectivity index (χ0n) is 36.5. The van der Waals surface area contributed by atoms with Gasteiger partial charge in [-0.25, -0.2) is 4.85 Å². The predicted molar refractivity (Wildman–Crippen MR) is 236 cm³/mol. The molecule has 0 aliphatic heterocycles. The van der Waals surface area contributed by atoms with Crippen molar-refractivity contribution >= 4 is 44.7 Å². The van der Waals surface area contributed by atoms with Crippen molar-refractivity contribution in [3.05, 3.63) is 46.3 Å². The molecule has 0 saturated carbocycles. The number of thiophene rings is 1. The van der Waals surface area contributed by atoms with Crippen molar-refractivity contribution in [3.8, 4) is 6.07 Å². The van der Waals surface area contributed by atoms with E-state index in [1.165, 1.54) is 77.0 Å². The normalized spacial score (nSPS) is 11.2. The lowest BCUT2D eigenvalue weighted by atomic mass is 10.1. The van der Waals surface area contributed by atoms with E-state index in [9.17, 15) is 14.9 Å². The molecule has 1 aromatic heterocycles. The SMILES string of the molecule is [C-]#[N+]c1sc(N=Nc2ccc(N(CCOCCOCCOC(=O)CCCCCCCCCC)CCOCCOC(=O)CCCCCCCCCC)cc2C)c(C#N)c1C. The smallest absolute Gasteiger partial charge is 0.305 e. The van der Waals surface area contributed by atoms with Gasteiger partial charge in [0, 0.05) is 31.6 Å². The van der Waals surface area contributed by atoms with Crippen LogP contribution in [-0.2, 0) is 33.3 Å². The number of aryl methyl sites for hydroxylation is 1. The van der Waals surface area contributed by atoms with Crippen molar-refractivity contribution in [2.45, 2.75) is 143 Å². The molecule has 0 unspecified atom stereocenters. The molecule has 0 bridgehead atoms. The van der Waals surface area contributed by atoms with Crippen LogP contribution in [0, 0.1) is 31.8 Å². The van der Waals surface area contributed by atoms with Gasteiger partial charge in [-0.2, -0.15) is 5.26 Å². The number of rotatable bonds is 36. The summed E-state index contributed by atoms with van der Waals surface area (Å²) in [5, 5.41) is 19.2. The van der Waals surface area contributed by atoms with Gasteiger partial charge in [0.05, 0.1) is 57.5 Å². The highest BCUT2D eigenvalue weighted by Gasteiger charge is 2.15. The Morgan fingerprint density at radius 1 is 0.695 bits per heavy atom. The zero-order chi connectivity index (χ0) is 42.8. The van der Waals surface area contributed by atoms with E-state index >= 15 is 0 Å². The Morgan fingerprint density at radius 2 is 1.17 bits per heavy atom. The Kier molecular flexibility index (Phi) is 29.5. The van der Waals surface area contributed by atoms with E-state index in [1.807, 2.05) is 25.1 Å². The number of hydrogen-bond acceptors (Lipinski definition) is 12. The van der Waals surface area contributed by atoms with Crippen LogP contribution in [0.1, 0.15) is 146 Å². The number of anilines is 1. The van der Waals surface area contributed by atoms with Crippen molar-refractivity contribution in [2.24, 2.45) is 10.2 Å². The van der Waals surface area contributed by atoms with Crippen molar-refractivity contribution in [3.63, 3.8) is 0 Å². The van der Waals surface area contributed by atoms with Crippen LogP contribution >= 0.6 is 11.3 Å². The lowest BCUT2D eigenvalue weighted by Crippen LogP contribution is -2.31. The summed E-state index contributed by atoms with van der Waals surface area (Å²) in [5.41, 5.74) is 3.51. The van der Waals surface area contributed by atoms with E-state index in [2.05, 4.69) is 39.9 Å². The Bertz CT molecular complexity index is 1570. The predicted octanol–water partition coefficient (Wildman–Crippen LogP) is 12.2. The first-order chi connectivity index (χ1) is 28.8. The van der Waals surface area contributed by atoms with Gasteiger partial charge in [0.1, 0.15) is 24.3 Å². The van der Waals surface area contributed by atoms with E-state index in [0.29, 0.717) is 92.4 Å². The quantitative estimate of drug-likeness (QED) is 0.0284. The summed E-state index contributed by atoms with van der Waals surface area (Å²) in [7, 11) is 0. The molecule has 0 atom stereocenters. The average Bonchev–Trinajstić information content (AvgIpc) is 3.55. The van der Waals surface area contributed by atoms with Gasteiger partial charge in [0.2, 0.25) is 5.00 Å². The fraction of sp³-hybridized carbons (Fsp3) is 0.696. The highest BCUT2D eigenvalue weighted by atomic mass is 32.1. The number of esters is 2. The molecule has 0 aliphatic carbocycles. The minimum atomic E-state index is -0.171. The molecule has 0 fully saturated rings. The van der Waals surface area contributed by atoms with E-state index in [4.69, 9.17) is 30.3 Å². The number of hydrogen-bond donors (Lipinski definition) is 0. The highest BCUT2D eigenvalue weighted by molar-refractivity contribution is 7.20. The topological polar surface area (TPSA) is 136 Å². The Labute approximate surface area is 358 Å². The average molecular weight is 838 g/mol. The molecule has 2 rings (SSSR count). The van der Waals surface area contributed by atoms with Crippen LogP contribution in [0.15, 0.2) is 28.4 Å². The van der Waals surface area contributed by atoms with E-state index in [-0.39, 0.29) is 25.2 Å². The van der Waals surface area contributed by atoms with Crippen LogP contribution in [-0.4, -0.2) is 77.9 Å². The molecule has 12 nitrogen and oxygen atoms in total. The molecule has 1 aromatic carbocycles. The molecule has 328 valence electrons. The summed E-state index contributed by atoms with van der Waals surface area (Å²) in [6.45, 7) is 19.5. The van der Waals surface area contributed by atoms with E-state index in [1.54, 1.807) is 6.92 Å². The van der Waals surface area contributed by atoms with Gasteiger partial charge in [-0.1, -0.05) is 104 Å². The molecule has 13 heteroatoms. The minimum Gasteiger partial charge on any atom is -0.463 e. The maximum Gasteiger partial charge on any atom is 0.305 e. The van der Waals surface area contributed by atoms with Gasteiger partial charge in [-0.15, -0.1) is 21.6 Å². The molecule has 0 spiro atoms. The number of nitrogens with zero attached hydrogens (tertiary/aromatic N) is 5. The first kappa shape index (κ1) is 51.3. The molecule has 0 radical (unpaired) electrons. The maximum atomic E-state index is 12.2. The second-order valence-electron chi connectivity index (χ2n) is 14.8. The van der Waals surface area contributed by atoms with Gasteiger partial charge in [-0.3, -0.25) is 9.59 Å². The summed E-state index contributed by atoms with van der Waals surface area (Å²) in [5.74, 6) is -0.336. The lowest BCUT2D eigenvalue weighted by molar-refractivity contribution is -0.146. The van der Waals surface area contributed by atoms with Gasteiger partial charge in [0.15, 0.2) is 0 Å². The second kappa shape index (κ2) is 33.9. The minimum absolute atomic E-state index is 0.165. The molecule has 0 amide bonds. The van der Waals surface area contributed by atoms with Gasteiger partial charge in [-0.05, 0) is 56.0 Å². The van der Waals surface area contributed by atoms with E-state index in [0.717, 1.165) is 48.3 Å². The van der Waals surface area contributed by atoms with Gasteiger partial charge >= 0.3 is 11.9 Å². The molecule has 0 aliphatic rings. The lowest BCUT2D eigenvalue weighted by Gasteiger charge is -2.25. The third-order valence-corrected chi connectivity index (χ3v) is 11.0. The fourth-order valence-electron chi connectivity index (χ4n) is 6.37. The van der Waals surface area contributed by atoms with Crippen LogP contribution in [0.25, 0.3) is 4.85 Å². The van der Waals surface area contributed by atoms with E-state index < -0.39 is 0 Å². The van der Waals surface area contributed by atoms with Gasteiger partial charge in [0.25, 0.3) is 0 Å². The second-order valence-corrected chi connectivity index (χ2v) is 15.8. The van der Waals surface area contributed by atoms with Crippen molar-refractivity contribution in [1.29, 1.82) is 5.26 Å². The van der Waals surface area contributed by atoms with Gasteiger partial charge < -0.3 is 28.6 Å². The summed E-state index contributed by atoms with van der Waals surface area (Å²) in [6.07, 6.45) is 19.9. The number of nitriles is 1. The third-order valence-electron chi connectivity index (χ3n) is 9.94. The monoisotopic (exact) mass is 838 g/mol. The third kappa shape index (κ3) is 23.5. The number of carbonyl (C=O) groups is 2. The number of benzene rings is 1. The summed E-state index contributed by atoms with van der Waals surface area (Å²) in [6, 6.07) is 8.01. The maximum absolute atomic E-state index is 12.2. The molecule has 59 heavy (non-hydrogen) atoms. The molecule has 0 saturated heterocycles. The Balaban J connectivity index is 1.78. The number of ether oxygens (including phenoxy) is 5. The van der Waals surface area contributed by atoms with Crippen LogP contribution < -0.4 is 4.90 Å². The Hall–Kier alpha value is -3.88. The molecular weight excluding hydrogens is 767 g/mol. The standard InChI is InChI=1S/C46H71N5O7S/c1-6-8-10-12-14-16-18-20-22-43(52)57-34-32-55-29-27-51(26-28-54-30-31-56-33-35-58-44(53)23-21-19-17-15-13-11-9-7-2)40-24-25-42(38(3)36-40)49-50-46-41(37-47)39(4)45(48-5)59-46/h24-25,36H,6-23,26-35H2,1-4H3. The van der Waals surface area contributed by atoms with Crippen LogP contribution in [0.3, 0.4) is 0 Å². The van der Waals surface area contributed by atoms with Crippen molar-refractivity contribution in [1.82, 2.24) is 0 Å². The highest BCUT2D eigenvalue weighted by Crippen LogP contribution is 2.41. The summed E-state index contributed by atoms with van der Waals surface area (Å²) >= 11 is 1.16. The number of azo groups is 1. The fourth-order valence-corrected chi connectivity index (χ4v) is 7.23. The number of unbranched alkanes of at least 4 members (excludes halogenated alkanes) is 14. The largest absolute Gasteiger partial charge is 0.463 e. The molecule has 2 aromatic rings. The number of carbonyl (C=O) groups excluding carboxylic acids is 2. The molecule has 0 N–H and O–H groups in total.